The maximum Gasteiger partial charge on any atom is 0.317 e. The molecule has 0 unspecified atom stereocenters. The molecule has 7 nitrogen and oxygen atoms in total. The highest BCUT2D eigenvalue weighted by atomic mass is 16.4. The fraction of sp³-hybridized carbons (Fsp3) is 0.526. The number of nitrogens with one attached hydrogen (secondary N) is 1. The quantitative estimate of drug-likeness (QED) is 0.748. The predicted molar refractivity (Wildman–Crippen MR) is 96.6 cm³/mol. The second kappa shape index (κ2) is 7.07. The topological polar surface area (TPSA) is 87.5 Å². The lowest BCUT2D eigenvalue weighted by Crippen LogP contribution is -2.55. The Morgan fingerprint density at radius 1 is 1.27 bits per heavy atom. The third kappa shape index (κ3) is 4.04. The average Bonchev–Trinajstić information content (AvgIpc) is 3.26. The van der Waals surface area contributed by atoms with Crippen molar-refractivity contribution < 1.29 is 14.7 Å². The van der Waals surface area contributed by atoms with Crippen molar-refractivity contribution in [2.75, 3.05) is 13.1 Å². The van der Waals surface area contributed by atoms with Crippen LogP contribution in [-0.2, 0) is 16.1 Å². The molecule has 2 N–H and O–H groups in total. The number of benzene rings is 1. The average molecular weight is 356 g/mol. The molecule has 7 heteroatoms. The van der Waals surface area contributed by atoms with Crippen molar-refractivity contribution in [2.45, 2.75) is 44.3 Å². The first-order valence-electron chi connectivity index (χ1n) is 9.24. The SMILES string of the molecule is O=C(O)CN(CC1CC1)C1CC(NC(=O)Cn2cc3ccccc3n2)C1. The molecule has 0 bridgehead atoms. The summed E-state index contributed by atoms with van der Waals surface area (Å²) in [4.78, 5) is 25.4. The van der Waals surface area contributed by atoms with Crippen LogP contribution < -0.4 is 5.32 Å². The molecule has 1 heterocycles. The summed E-state index contributed by atoms with van der Waals surface area (Å²) in [5.41, 5.74) is 0.883. The summed E-state index contributed by atoms with van der Waals surface area (Å²) in [5.74, 6) is -0.158. The molecule has 138 valence electrons. The molecule has 2 aromatic rings. The van der Waals surface area contributed by atoms with Gasteiger partial charge in [-0.25, -0.2) is 0 Å². The van der Waals surface area contributed by atoms with Crippen LogP contribution in [0.2, 0.25) is 0 Å². The summed E-state index contributed by atoms with van der Waals surface area (Å²) in [7, 11) is 0. The Balaban J connectivity index is 1.26. The molecule has 2 aliphatic rings. The van der Waals surface area contributed by atoms with Crippen molar-refractivity contribution in [1.82, 2.24) is 20.0 Å². The van der Waals surface area contributed by atoms with Gasteiger partial charge in [-0.3, -0.25) is 19.2 Å². The zero-order valence-corrected chi connectivity index (χ0v) is 14.7. The Kier molecular flexibility index (Phi) is 4.63. The smallest absolute Gasteiger partial charge is 0.317 e. The molecule has 1 aromatic carbocycles. The highest BCUT2D eigenvalue weighted by Crippen LogP contribution is 2.33. The Labute approximate surface area is 152 Å². The zero-order chi connectivity index (χ0) is 18.1. The minimum Gasteiger partial charge on any atom is -0.480 e. The zero-order valence-electron chi connectivity index (χ0n) is 14.7. The molecule has 26 heavy (non-hydrogen) atoms. The van der Waals surface area contributed by atoms with Crippen LogP contribution in [0.3, 0.4) is 0 Å². The van der Waals surface area contributed by atoms with E-state index in [1.54, 1.807) is 4.68 Å². The van der Waals surface area contributed by atoms with Gasteiger partial charge in [0.15, 0.2) is 0 Å². The lowest BCUT2D eigenvalue weighted by atomic mass is 9.85. The predicted octanol–water partition coefficient (Wildman–Crippen LogP) is 1.48. The number of carboxylic acids is 1. The summed E-state index contributed by atoms with van der Waals surface area (Å²) in [6, 6.07) is 8.19. The van der Waals surface area contributed by atoms with E-state index in [0.717, 1.165) is 30.3 Å². The highest BCUT2D eigenvalue weighted by Gasteiger charge is 2.37. The number of nitrogens with zero attached hydrogens (tertiary/aromatic N) is 3. The van der Waals surface area contributed by atoms with Gasteiger partial charge in [0.1, 0.15) is 6.54 Å². The number of hydrogen-bond donors (Lipinski definition) is 2. The van der Waals surface area contributed by atoms with Gasteiger partial charge in [0, 0.05) is 30.2 Å². The first kappa shape index (κ1) is 17.0. The summed E-state index contributed by atoms with van der Waals surface area (Å²) in [6.07, 6.45) is 5.95. The van der Waals surface area contributed by atoms with E-state index in [1.807, 2.05) is 30.5 Å². The molecular formula is C19H24N4O3. The fourth-order valence-electron chi connectivity index (χ4n) is 3.67. The second-order valence-corrected chi connectivity index (χ2v) is 7.54. The van der Waals surface area contributed by atoms with Gasteiger partial charge in [-0.2, -0.15) is 5.10 Å². The summed E-state index contributed by atoms with van der Waals surface area (Å²) in [6.45, 7) is 1.18. The lowest BCUT2D eigenvalue weighted by Gasteiger charge is -2.42. The molecule has 0 aliphatic heterocycles. The van der Waals surface area contributed by atoms with E-state index in [2.05, 4.69) is 15.3 Å². The van der Waals surface area contributed by atoms with Crippen LogP contribution in [0, 0.1) is 5.92 Å². The Hall–Kier alpha value is -2.41. The largest absolute Gasteiger partial charge is 0.480 e. The van der Waals surface area contributed by atoms with E-state index in [9.17, 15) is 9.59 Å². The minimum atomic E-state index is -0.774. The third-order valence-electron chi connectivity index (χ3n) is 5.29. The molecule has 4 rings (SSSR count). The van der Waals surface area contributed by atoms with E-state index in [-0.39, 0.29) is 31.1 Å². The molecule has 0 spiro atoms. The van der Waals surface area contributed by atoms with Crippen molar-refractivity contribution in [3.63, 3.8) is 0 Å². The van der Waals surface area contributed by atoms with Crippen LogP contribution >= 0.6 is 0 Å². The van der Waals surface area contributed by atoms with Crippen molar-refractivity contribution in [2.24, 2.45) is 5.92 Å². The summed E-state index contributed by atoms with van der Waals surface area (Å²) in [5, 5.41) is 17.6. The first-order chi connectivity index (χ1) is 12.6. The van der Waals surface area contributed by atoms with E-state index in [4.69, 9.17) is 5.11 Å². The van der Waals surface area contributed by atoms with Gasteiger partial charge in [-0.05, 0) is 37.7 Å². The Bertz CT molecular complexity index is 775. The van der Waals surface area contributed by atoms with Gasteiger partial charge in [-0.15, -0.1) is 0 Å². The maximum atomic E-state index is 12.3. The Morgan fingerprint density at radius 3 is 2.73 bits per heavy atom. The van der Waals surface area contributed by atoms with Crippen molar-refractivity contribution in [3.8, 4) is 0 Å². The van der Waals surface area contributed by atoms with Gasteiger partial charge in [0.05, 0.1) is 12.1 Å². The molecule has 1 amide bonds. The number of aliphatic carboxylic acids is 1. The monoisotopic (exact) mass is 356 g/mol. The fourth-order valence-corrected chi connectivity index (χ4v) is 3.67. The van der Waals surface area contributed by atoms with Crippen LogP contribution in [0.5, 0.6) is 0 Å². The Morgan fingerprint density at radius 2 is 2.04 bits per heavy atom. The summed E-state index contributed by atoms with van der Waals surface area (Å²) < 4.78 is 1.67. The maximum absolute atomic E-state index is 12.3. The standard InChI is InChI=1S/C19H24N4O3/c24-18(11-23-10-14-3-1-2-4-17(14)21-23)20-15-7-16(8-15)22(12-19(25)26)9-13-5-6-13/h1-4,10,13,15-16H,5-9,11-12H2,(H,20,24)(H,25,26). The molecule has 0 radical (unpaired) electrons. The van der Waals surface area contributed by atoms with Crippen LogP contribution in [0.15, 0.2) is 30.5 Å². The highest BCUT2D eigenvalue weighted by molar-refractivity contribution is 5.80. The van der Waals surface area contributed by atoms with Gasteiger partial charge in [0.2, 0.25) is 5.91 Å². The van der Waals surface area contributed by atoms with E-state index in [1.165, 1.54) is 12.8 Å². The van der Waals surface area contributed by atoms with Gasteiger partial charge >= 0.3 is 5.97 Å². The van der Waals surface area contributed by atoms with Crippen LogP contribution in [0.25, 0.3) is 10.9 Å². The number of carbonyl (C=O) groups excluding carboxylic acids is 1. The molecule has 2 saturated carbocycles. The van der Waals surface area contributed by atoms with Gasteiger partial charge in [-0.1, -0.05) is 18.2 Å². The van der Waals surface area contributed by atoms with Crippen molar-refractivity contribution in [1.29, 1.82) is 0 Å². The van der Waals surface area contributed by atoms with Crippen LogP contribution in [0.1, 0.15) is 25.7 Å². The second-order valence-electron chi connectivity index (χ2n) is 7.54. The third-order valence-corrected chi connectivity index (χ3v) is 5.29. The van der Waals surface area contributed by atoms with Gasteiger partial charge in [0.25, 0.3) is 0 Å². The molecule has 1 aromatic heterocycles. The van der Waals surface area contributed by atoms with Gasteiger partial charge < -0.3 is 10.4 Å². The molecule has 2 fully saturated rings. The number of aromatic nitrogens is 2. The number of hydrogen-bond acceptors (Lipinski definition) is 4. The first-order valence-corrected chi connectivity index (χ1v) is 9.24. The van der Waals surface area contributed by atoms with E-state index >= 15 is 0 Å². The lowest BCUT2D eigenvalue weighted by molar-refractivity contribution is -0.140. The minimum absolute atomic E-state index is 0.0479. The summed E-state index contributed by atoms with van der Waals surface area (Å²) >= 11 is 0. The van der Waals surface area contributed by atoms with Crippen molar-refractivity contribution in [3.05, 3.63) is 30.5 Å². The van der Waals surface area contributed by atoms with E-state index in [0.29, 0.717) is 5.92 Å². The normalized spacial score (nSPS) is 22.3. The number of amides is 1. The number of carboxylic acid groups (broad SMARTS) is 1. The number of rotatable bonds is 8. The van der Waals surface area contributed by atoms with Crippen LogP contribution in [0.4, 0.5) is 0 Å². The number of fused-ring (bicyclic) bond motifs is 1. The molecule has 2 aliphatic carbocycles. The molecule has 0 saturated heterocycles. The van der Waals surface area contributed by atoms with E-state index < -0.39 is 5.97 Å². The van der Waals surface area contributed by atoms with Crippen molar-refractivity contribution >= 4 is 22.8 Å². The number of carbonyl (C=O) groups is 2. The molecular weight excluding hydrogens is 332 g/mol. The van der Waals surface area contributed by atoms with Crippen LogP contribution in [-0.4, -0.2) is 56.8 Å². The molecule has 0 atom stereocenters.